The van der Waals surface area contributed by atoms with Crippen LogP contribution < -0.4 is 5.32 Å². The first-order valence-corrected chi connectivity index (χ1v) is 7.96. The lowest BCUT2D eigenvalue weighted by molar-refractivity contribution is 0.0957. The van der Waals surface area contributed by atoms with E-state index in [1.54, 1.807) is 6.33 Å². The van der Waals surface area contributed by atoms with Gasteiger partial charge >= 0.3 is 0 Å². The van der Waals surface area contributed by atoms with Gasteiger partial charge < -0.3 is 5.32 Å². The highest BCUT2D eigenvalue weighted by atomic mass is 32.1. The molecular weight excluding hydrogens is 282 g/mol. The van der Waals surface area contributed by atoms with Crippen molar-refractivity contribution in [2.45, 2.75) is 19.8 Å². The molecule has 1 aromatic carbocycles. The van der Waals surface area contributed by atoms with Crippen LogP contribution in [0.1, 0.15) is 29.4 Å². The first kappa shape index (κ1) is 13.8. The molecule has 0 aliphatic heterocycles. The molecule has 5 heteroatoms. The zero-order valence-electron chi connectivity index (χ0n) is 11.9. The van der Waals surface area contributed by atoms with Crippen LogP contribution in [0.25, 0.3) is 16.7 Å². The van der Waals surface area contributed by atoms with Gasteiger partial charge in [0.05, 0.1) is 21.6 Å². The number of thiophene rings is 1. The molecule has 0 aliphatic rings. The molecule has 3 aromatic rings. The number of amides is 1. The first-order chi connectivity index (χ1) is 10.3. The van der Waals surface area contributed by atoms with E-state index in [0.29, 0.717) is 0 Å². The molecule has 108 valence electrons. The van der Waals surface area contributed by atoms with Crippen molar-refractivity contribution in [3.05, 3.63) is 46.9 Å². The number of aromatic nitrogens is 2. The Bertz CT molecular complexity index is 760. The molecule has 0 atom stereocenters. The van der Waals surface area contributed by atoms with Crippen molar-refractivity contribution >= 4 is 28.3 Å². The molecule has 0 saturated heterocycles. The minimum absolute atomic E-state index is 0.00382. The number of fused-ring (bicyclic) bond motifs is 1. The van der Waals surface area contributed by atoms with Gasteiger partial charge in [-0.15, -0.1) is 11.3 Å². The number of benzene rings is 1. The van der Waals surface area contributed by atoms with Gasteiger partial charge in [-0.1, -0.05) is 25.5 Å². The zero-order valence-corrected chi connectivity index (χ0v) is 12.7. The highest BCUT2D eigenvalue weighted by molar-refractivity contribution is 7.12. The summed E-state index contributed by atoms with van der Waals surface area (Å²) in [5.41, 5.74) is 2.99. The smallest absolute Gasteiger partial charge is 0.261 e. The quantitative estimate of drug-likeness (QED) is 0.731. The van der Waals surface area contributed by atoms with Crippen molar-refractivity contribution in [3.63, 3.8) is 0 Å². The molecular formula is C16H17N3OS. The molecule has 21 heavy (non-hydrogen) atoms. The van der Waals surface area contributed by atoms with E-state index >= 15 is 0 Å². The SMILES string of the molecule is CCCCNC(=O)c1cc(-n2cnc3ccccc32)cs1. The summed E-state index contributed by atoms with van der Waals surface area (Å²) in [5, 5.41) is 4.93. The molecule has 4 nitrogen and oxygen atoms in total. The second kappa shape index (κ2) is 6.10. The Hall–Kier alpha value is -2.14. The molecule has 0 spiro atoms. The number of nitrogens with zero attached hydrogens (tertiary/aromatic N) is 2. The van der Waals surface area contributed by atoms with Crippen LogP contribution in [-0.2, 0) is 0 Å². The normalized spacial score (nSPS) is 10.9. The lowest BCUT2D eigenvalue weighted by Crippen LogP contribution is -2.23. The van der Waals surface area contributed by atoms with Gasteiger partial charge in [0.15, 0.2) is 0 Å². The molecule has 2 heterocycles. The van der Waals surface area contributed by atoms with Gasteiger partial charge in [0.25, 0.3) is 5.91 Å². The summed E-state index contributed by atoms with van der Waals surface area (Å²) in [7, 11) is 0. The van der Waals surface area contributed by atoms with Gasteiger partial charge in [-0.05, 0) is 24.6 Å². The summed E-state index contributed by atoms with van der Waals surface area (Å²) in [6.07, 6.45) is 3.89. The Balaban J connectivity index is 1.83. The van der Waals surface area contributed by atoms with Crippen molar-refractivity contribution in [2.75, 3.05) is 6.54 Å². The van der Waals surface area contributed by atoms with Crippen molar-refractivity contribution in [2.24, 2.45) is 0 Å². The number of carbonyl (C=O) groups excluding carboxylic acids is 1. The minimum Gasteiger partial charge on any atom is -0.351 e. The summed E-state index contributed by atoms with van der Waals surface area (Å²) < 4.78 is 2.01. The van der Waals surface area contributed by atoms with Crippen LogP contribution >= 0.6 is 11.3 Å². The maximum atomic E-state index is 12.0. The molecule has 1 N–H and O–H groups in total. The maximum Gasteiger partial charge on any atom is 0.261 e. The van der Waals surface area contributed by atoms with E-state index in [2.05, 4.69) is 17.2 Å². The van der Waals surface area contributed by atoms with E-state index in [9.17, 15) is 4.79 Å². The van der Waals surface area contributed by atoms with Crippen LogP contribution in [0.15, 0.2) is 42.0 Å². The van der Waals surface area contributed by atoms with Crippen LogP contribution in [0.4, 0.5) is 0 Å². The Kier molecular flexibility index (Phi) is 4.01. The number of rotatable bonds is 5. The maximum absolute atomic E-state index is 12.0. The van der Waals surface area contributed by atoms with Crippen molar-refractivity contribution < 1.29 is 4.79 Å². The summed E-state index contributed by atoms with van der Waals surface area (Å²) in [5.74, 6) is 0.00382. The molecule has 3 rings (SSSR count). The number of imidazole rings is 1. The highest BCUT2D eigenvalue weighted by Gasteiger charge is 2.11. The van der Waals surface area contributed by atoms with E-state index in [4.69, 9.17) is 0 Å². The largest absolute Gasteiger partial charge is 0.351 e. The second-order valence-electron chi connectivity index (χ2n) is 4.88. The fraction of sp³-hybridized carbons (Fsp3) is 0.250. The van der Waals surface area contributed by atoms with E-state index in [0.717, 1.165) is 41.0 Å². The predicted octanol–water partition coefficient (Wildman–Crippen LogP) is 3.62. The van der Waals surface area contributed by atoms with Crippen molar-refractivity contribution in [3.8, 4) is 5.69 Å². The third-order valence-electron chi connectivity index (χ3n) is 3.36. The summed E-state index contributed by atoms with van der Waals surface area (Å²) >= 11 is 1.46. The van der Waals surface area contributed by atoms with Gasteiger partial charge in [0.1, 0.15) is 6.33 Å². The van der Waals surface area contributed by atoms with Gasteiger partial charge in [-0.25, -0.2) is 4.98 Å². The van der Waals surface area contributed by atoms with Crippen LogP contribution in [0.5, 0.6) is 0 Å². The molecule has 1 amide bonds. The number of hydrogen-bond acceptors (Lipinski definition) is 3. The fourth-order valence-corrected chi connectivity index (χ4v) is 3.00. The number of carbonyl (C=O) groups is 1. The van der Waals surface area contributed by atoms with Crippen LogP contribution in [0.2, 0.25) is 0 Å². The minimum atomic E-state index is 0.00382. The molecule has 0 saturated carbocycles. The molecule has 0 unspecified atom stereocenters. The number of unbranched alkanes of at least 4 members (excludes halogenated alkanes) is 1. The fourth-order valence-electron chi connectivity index (χ4n) is 2.20. The summed E-state index contributed by atoms with van der Waals surface area (Å²) in [4.78, 5) is 17.2. The van der Waals surface area contributed by atoms with Gasteiger partial charge in [0.2, 0.25) is 0 Å². The van der Waals surface area contributed by atoms with E-state index < -0.39 is 0 Å². The summed E-state index contributed by atoms with van der Waals surface area (Å²) in [6.45, 7) is 2.84. The third kappa shape index (κ3) is 2.83. The van der Waals surface area contributed by atoms with E-state index in [-0.39, 0.29) is 5.91 Å². The first-order valence-electron chi connectivity index (χ1n) is 7.09. The Morgan fingerprint density at radius 1 is 1.38 bits per heavy atom. The highest BCUT2D eigenvalue weighted by Crippen LogP contribution is 2.22. The molecule has 2 aromatic heterocycles. The molecule has 0 bridgehead atoms. The molecule has 0 fully saturated rings. The Morgan fingerprint density at radius 3 is 3.10 bits per heavy atom. The van der Waals surface area contributed by atoms with Gasteiger partial charge in [0, 0.05) is 11.9 Å². The molecule has 0 radical (unpaired) electrons. The van der Waals surface area contributed by atoms with Crippen molar-refractivity contribution in [1.82, 2.24) is 14.9 Å². The number of nitrogens with one attached hydrogen (secondary N) is 1. The second-order valence-corrected chi connectivity index (χ2v) is 5.79. The predicted molar refractivity (Wildman–Crippen MR) is 86.2 cm³/mol. The van der Waals surface area contributed by atoms with Crippen LogP contribution in [0.3, 0.4) is 0 Å². The summed E-state index contributed by atoms with van der Waals surface area (Å²) in [6, 6.07) is 9.89. The lowest BCUT2D eigenvalue weighted by Gasteiger charge is -2.01. The topological polar surface area (TPSA) is 46.9 Å². The van der Waals surface area contributed by atoms with E-state index in [1.807, 2.05) is 40.3 Å². The Morgan fingerprint density at radius 2 is 2.24 bits per heavy atom. The monoisotopic (exact) mass is 299 g/mol. The number of para-hydroxylation sites is 2. The average molecular weight is 299 g/mol. The zero-order chi connectivity index (χ0) is 14.7. The van der Waals surface area contributed by atoms with Gasteiger partial charge in [-0.3, -0.25) is 9.36 Å². The Labute approximate surface area is 127 Å². The third-order valence-corrected chi connectivity index (χ3v) is 4.27. The van der Waals surface area contributed by atoms with E-state index in [1.165, 1.54) is 11.3 Å². The lowest BCUT2D eigenvalue weighted by atomic mass is 10.3. The number of hydrogen-bond donors (Lipinski definition) is 1. The van der Waals surface area contributed by atoms with Crippen molar-refractivity contribution in [1.29, 1.82) is 0 Å². The van der Waals surface area contributed by atoms with Crippen LogP contribution in [-0.4, -0.2) is 22.0 Å². The van der Waals surface area contributed by atoms with Gasteiger partial charge in [-0.2, -0.15) is 0 Å². The molecule has 0 aliphatic carbocycles. The van der Waals surface area contributed by atoms with Crippen LogP contribution in [0, 0.1) is 0 Å². The average Bonchev–Trinajstić information content (AvgIpc) is 3.13. The standard InChI is InChI=1S/C16H17N3OS/c1-2-3-8-17-16(20)15-9-12(10-21-15)19-11-18-13-6-4-5-7-14(13)19/h4-7,9-11H,2-3,8H2,1H3,(H,17,20).